The SMILES string of the molecule is CC(C)=CCO[P+](=O)O.CCCC. The van der Waals surface area contributed by atoms with Gasteiger partial charge in [-0.25, -0.2) is 0 Å². The first-order chi connectivity index (χ1) is 6.04. The first-order valence-corrected chi connectivity index (χ1v) is 5.60. The molecule has 3 nitrogen and oxygen atoms in total. The summed E-state index contributed by atoms with van der Waals surface area (Å²) in [4.78, 5) is 8.12. The smallest absolute Gasteiger partial charge is 0.133 e. The van der Waals surface area contributed by atoms with Crippen LogP contribution < -0.4 is 0 Å². The summed E-state index contributed by atoms with van der Waals surface area (Å²) >= 11 is 0. The average Bonchev–Trinajstić information content (AvgIpc) is 2.03. The van der Waals surface area contributed by atoms with Crippen LogP contribution >= 0.6 is 8.25 Å². The zero-order valence-corrected chi connectivity index (χ0v) is 9.80. The summed E-state index contributed by atoms with van der Waals surface area (Å²) in [6.07, 6.45) is 4.38. The van der Waals surface area contributed by atoms with Gasteiger partial charge in [-0.2, -0.15) is 0 Å². The third-order valence-electron chi connectivity index (χ3n) is 1.18. The fraction of sp³-hybridized carbons (Fsp3) is 0.778. The molecule has 1 N–H and O–H groups in total. The summed E-state index contributed by atoms with van der Waals surface area (Å²) in [7, 11) is -2.43. The Bertz CT molecular complexity index is 149. The van der Waals surface area contributed by atoms with Crippen molar-refractivity contribution in [3.8, 4) is 0 Å². The van der Waals surface area contributed by atoms with Crippen LogP contribution in [0.15, 0.2) is 11.6 Å². The molecule has 0 aromatic carbocycles. The topological polar surface area (TPSA) is 46.5 Å². The lowest BCUT2D eigenvalue weighted by Gasteiger charge is -1.82. The molecule has 0 rings (SSSR count). The third kappa shape index (κ3) is 24.5. The van der Waals surface area contributed by atoms with Crippen molar-refractivity contribution in [2.45, 2.75) is 40.5 Å². The van der Waals surface area contributed by atoms with Crippen LogP contribution in [0.25, 0.3) is 0 Å². The van der Waals surface area contributed by atoms with E-state index >= 15 is 0 Å². The van der Waals surface area contributed by atoms with Gasteiger partial charge in [0.05, 0.1) is 0 Å². The zero-order valence-electron chi connectivity index (χ0n) is 8.91. The zero-order chi connectivity index (χ0) is 10.7. The Hall–Kier alpha value is -0.240. The van der Waals surface area contributed by atoms with E-state index in [9.17, 15) is 4.57 Å². The van der Waals surface area contributed by atoms with E-state index in [1.165, 1.54) is 12.8 Å². The van der Waals surface area contributed by atoms with Crippen LogP contribution in [0.5, 0.6) is 0 Å². The molecule has 13 heavy (non-hydrogen) atoms. The highest BCUT2D eigenvalue weighted by Crippen LogP contribution is 2.13. The third-order valence-corrected chi connectivity index (χ3v) is 1.55. The largest absolute Gasteiger partial charge is 0.695 e. The maximum Gasteiger partial charge on any atom is 0.695 e. The van der Waals surface area contributed by atoms with Gasteiger partial charge in [-0.1, -0.05) is 38.3 Å². The van der Waals surface area contributed by atoms with Gasteiger partial charge in [-0.05, 0) is 13.8 Å². The molecular formula is C9H20O3P+. The van der Waals surface area contributed by atoms with E-state index in [0.29, 0.717) is 0 Å². The lowest BCUT2D eigenvalue weighted by molar-refractivity contribution is 0.312. The summed E-state index contributed by atoms with van der Waals surface area (Å²) in [5.41, 5.74) is 1.08. The van der Waals surface area contributed by atoms with Crippen LogP contribution in [-0.4, -0.2) is 11.5 Å². The first-order valence-electron chi connectivity index (χ1n) is 4.46. The summed E-state index contributed by atoms with van der Waals surface area (Å²) in [6, 6.07) is 0. The van der Waals surface area contributed by atoms with E-state index in [0.717, 1.165) is 5.57 Å². The van der Waals surface area contributed by atoms with Crippen molar-refractivity contribution < 1.29 is 14.0 Å². The van der Waals surface area contributed by atoms with Crippen molar-refractivity contribution in [3.63, 3.8) is 0 Å². The van der Waals surface area contributed by atoms with Crippen molar-refractivity contribution in [1.82, 2.24) is 0 Å². The molecule has 0 radical (unpaired) electrons. The van der Waals surface area contributed by atoms with Crippen LogP contribution in [0.4, 0.5) is 0 Å². The lowest BCUT2D eigenvalue weighted by atomic mass is 10.3. The molecule has 0 heterocycles. The molecule has 0 aromatic heterocycles. The monoisotopic (exact) mass is 207 g/mol. The molecule has 0 aliphatic rings. The highest BCUT2D eigenvalue weighted by atomic mass is 31.1. The Balaban J connectivity index is 0. The Morgan fingerprint density at radius 3 is 2.08 bits per heavy atom. The fourth-order valence-electron chi connectivity index (χ4n) is 0.268. The first kappa shape index (κ1) is 15.2. The highest BCUT2D eigenvalue weighted by molar-refractivity contribution is 7.32. The van der Waals surface area contributed by atoms with Crippen LogP contribution in [0.3, 0.4) is 0 Å². The Morgan fingerprint density at radius 2 is 1.85 bits per heavy atom. The van der Waals surface area contributed by atoms with E-state index in [1.807, 2.05) is 13.8 Å². The molecule has 0 aromatic rings. The Labute approximate surface area is 81.8 Å². The van der Waals surface area contributed by atoms with Crippen LogP contribution in [0.2, 0.25) is 0 Å². The van der Waals surface area contributed by atoms with Gasteiger partial charge in [0.25, 0.3) is 0 Å². The minimum Gasteiger partial charge on any atom is -0.133 e. The number of hydrogen-bond donors (Lipinski definition) is 1. The predicted octanol–water partition coefficient (Wildman–Crippen LogP) is 3.43. The van der Waals surface area contributed by atoms with Crippen molar-refractivity contribution in [2.75, 3.05) is 6.61 Å². The quantitative estimate of drug-likeness (QED) is 0.567. The second-order valence-corrected chi connectivity index (χ2v) is 3.55. The van der Waals surface area contributed by atoms with Gasteiger partial charge < -0.3 is 0 Å². The fourth-order valence-corrected chi connectivity index (χ4v) is 0.470. The van der Waals surface area contributed by atoms with Crippen LogP contribution in [0.1, 0.15) is 40.5 Å². The molecule has 0 amide bonds. The highest BCUT2D eigenvalue weighted by Gasteiger charge is 2.08. The minimum atomic E-state index is -2.43. The van der Waals surface area contributed by atoms with Crippen molar-refractivity contribution in [3.05, 3.63) is 11.6 Å². The molecule has 0 aliphatic carbocycles. The molecule has 0 spiro atoms. The molecule has 0 saturated carbocycles. The maximum absolute atomic E-state index is 9.88. The molecule has 0 fully saturated rings. The van der Waals surface area contributed by atoms with Gasteiger partial charge in [0, 0.05) is 4.57 Å². The van der Waals surface area contributed by atoms with Gasteiger partial charge in [-0.3, -0.25) is 0 Å². The van der Waals surface area contributed by atoms with E-state index in [-0.39, 0.29) is 6.61 Å². The minimum absolute atomic E-state index is 0.216. The number of hydrogen-bond acceptors (Lipinski definition) is 2. The normalized spacial score (nSPS) is 9.77. The summed E-state index contributed by atoms with van der Waals surface area (Å²) in [5, 5.41) is 0. The van der Waals surface area contributed by atoms with Crippen molar-refractivity contribution >= 4 is 8.25 Å². The van der Waals surface area contributed by atoms with E-state index < -0.39 is 8.25 Å². The molecule has 0 aliphatic heterocycles. The summed E-state index contributed by atoms with van der Waals surface area (Å²) in [5.74, 6) is 0. The lowest BCUT2D eigenvalue weighted by Crippen LogP contribution is -1.79. The second kappa shape index (κ2) is 11.8. The maximum atomic E-state index is 9.88. The van der Waals surface area contributed by atoms with Gasteiger partial charge in [0.15, 0.2) is 0 Å². The molecule has 0 saturated heterocycles. The molecule has 1 unspecified atom stereocenters. The molecule has 78 valence electrons. The van der Waals surface area contributed by atoms with Crippen molar-refractivity contribution in [1.29, 1.82) is 0 Å². The average molecular weight is 207 g/mol. The van der Waals surface area contributed by atoms with Gasteiger partial charge in [0.2, 0.25) is 0 Å². The van der Waals surface area contributed by atoms with Crippen molar-refractivity contribution in [2.24, 2.45) is 0 Å². The van der Waals surface area contributed by atoms with E-state index in [2.05, 4.69) is 18.4 Å². The summed E-state index contributed by atoms with van der Waals surface area (Å²) < 4.78 is 14.2. The molecule has 4 heteroatoms. The molecular weight excluding hydrogens is 187 g/mol. The summed E-state index contributed by atoms with van der Waals surface area (Å²) in [6.45, 7) is 8.37. The van der Waals surface area contributed by atoms with Gasteiger partial charge in [-0.15, -0.1) is 9.42 Å². The van der Waals surface area contributed by atoms with E-state index in [4.69, 9.17) is 4.89 Å². The second-order valence-electron chi connectivity index (χ2n) is 2.82. The predicted molar refractivity (Wildman–Crippen MR) is 55.8 cm³/mol. The number of rotatable bonds is 4. The van der Waals surface area contributed by atoms with Crippen LogP contribution in [0, 0.1) is 0 Å². The van der Waals surface area contributed by atoms with Crippen LogP contribution in [-0.2, 0) is 9.09 Å². The molecule has 1 atom stereocenters. The Kier molecular flexibility index (Phi) is 13.8. The number of allylic oxidation sites excluding steroid dienone is 1. The van der Waals surface area contributed by atoms with Gasteiger partial charge >= 0.3 is 8.25 Å². The number of unbranched alkanes of at least 4 members (excludes halogenated alkanes) is 1. The Morgan fingerprint density at radius 1 is 1.38 bits per heavy atom. The molecule has 0 bridgehead atoms. The van der Waals surface area contributed by atoms with Gasteiger partial charge in [0.1, 0.15) is 6.61 Å². The standard InChI is InChI=1S/C5H9O3P.C4H10/c1-5(2)3-4-8-9(6)7;1-3-4-2/h3H,4H2,1-2H3;3-4H2,1-2H3/p+1. The van der Waals surface area contributed by atoms with E-state index in [1.54, 1.807) is 6.08 Å².